The predicted octanol–water partition coefficient (Wildman–Crippen LogP) is 6.21. The number of fused-ring (bicyclic) bond motifs is 3. The van der Waals surface area contributed by atoms with Crippen LogP contribution in [0.25, 0.3) is 21.8 Å². The van der Waals surface area contributed by atoms with Gasteiger partial charge in [0.05, 0.1) is 0 Å². The summed E-state index contributed by atoms with van der Waals surface area (Å²) < 4.78 is 0. The summed E-state index contributed by atoms with van der Waals surface area (Å²) in [5, 5.41) is 6.27. The predicted molar refractivity (Wildman–Crippen MR) is 146 cm³/mol. The molecule has 6 aromatic rings. The molecule has 0 aliphatic rings. The highest BCUT2D eigenvalue weighted by atomic mass is 35.6. The van der Waals surface area contributed by atoms with Gasteiger partial charge in [-0.05, 0) is 27.7 Å². The maximum absolute atomic E-state index is 7.25. The van der Waals surface area contributed by atoms with E-state index in [9.17, 15) is 0 Å². The molecule has 6 rings (SSSR count). The standard InChI is InChI=1S/C18H15ClSi.C12H9N/c19-20(16-10-4-1-5-11-16,17-12-6-2-7-13-17)18-14-8-3-9-15-18;1-3-7-11-9(5-1)10-6-2-4-8-12(10)13-11/h1-15H;1-8,13H. The van der Waals surface area contributed by atoms with Gasteiger partial charge in [-0.3, -0.25) is 0 Å². The minimum absolute atomic E-state index is 1.21. The lowest BCUT2D eigenvalue weighted by atomic mass is 10.2. The lowest BCUT2D eigenvalue weighted by Gasteiger charge is -2.26. The average molecular weight is 462 g/mol. The Kier molecular flexibility index (Phi) is 6.12. The van der Waals surface area contributed by atoms with E-state index in [1.165, 1.54) is 37.4 Å². The Balaban J connectivity index is 0.000000151. The molecule has 0 aliphatic heterocycles. The third-order valence-electron chi connectivity index (χ3n) is 5.93. The molecule has 5 aromatic carbocycles. The SMILES string of the molecule is Cl[Si](c1ccccc1)(c1ccccc1)c1ccccc1.c1ccc2c(c1)[nH]c1ccccc12. The molecular formula is C30H24ClNSi. The smallest absolute Gasteiger partial charge is 0.247 e. The first-order valence-corrected chi connectivity index (χ1v) is 14.1. The molecule has 0 aliphatic carbocycles. The summed E-state index contributed by atoms with van der Waals surface area (Å²) in [4.78, 5) is 3.38. The van der Waals surface area contributed by atoms with Crippen LogP contribution in [-0.4, -0.2) is 12.4 Å². The number of halogens is 1. The minimum atomic E-state index is -2.41. The summed E-state index contributed by atoms with van der Waals surface area (Å²) in [6.07, 6.45) is 0. The van der Waals surface area contributed by atoms with Gasteiger partial charge in [-0.25, -0.2) is 0 Å². The molecule has 0 saturated carbocycles. The van der Waals surface area contributed by atoms with Crippen molar-refractivity contribution >= 4 is 55.8 Å². The summed E-state index contributed by atoms with van der Waals surface area (Å²) >= 11 is 7.25. The van der Waals surface area contributed by atoms with E-state index in [1.807, 2.05) is 18.2 Å². The zero-order valence-electron chi connectivity index (χ0n) is 18.2. The molecule has 0 unspecified atom stereocenters. The first-order valence-electron chi connectivity index (χ1n) is 11.1. The molecule has 0 radical (unpaired) electrons. The van der Waals surface area contributed by atoms with Gasteiger partial charge in [0.25, 0.3) is 0 Å². The van der Waals surface area contributed by atoms with E-state index in [-0.39, 0.29) is 0 Å². The highest BCUT2D eigenvalue weighted by molar-refractivity contribution is 7.40. The van der Waals surface area contributed by atoms with Crippen LogP contribution >= 0.6 is 11.1 Å². The fourth-order valence-electron chi connectivity index (χ4n) is 4.30. The highest BCUT2D eigenvalue weighted by Gasteiger charge is 2.37. The first-order chi connectivity index (χ1) is 16.3. The summed E-state index contributed by atoms with van der Waals surface area (Å²) in [5.74, 6) is 0. The summed E-state index contributed by atoms with van der Waals surface area (Å²) in [6.45, 7) is 0. The normalized spacial score (nSPS) is 11.2. The largest absolute Gasteiger partial charge is 0.355 e. The summed E-state index contributed by atoms with van der Waals surface area (Å²) in [6, 6.07) is 48.1. The molecule has 1 N–H and O–H groups in total. The number of aromatic amines is 1. The topological polar surface area (TPSA) is 15.8 Å². The second-order valence-electron chi connectivity index (χ2n) is 7.97. The highest BCUT2D eigenvalue weighted by Crippen LogP contribution is 2.24. The molecule has 160 valence electrons. The third-order valence-corrected chi connectivity index (χ3v) is 11.3. The van der Waals surface area contributed by atoms with Crippen LogP contribution in [0.1, 0.15) is 0 Å². The Morgan fingerprint density at radius 3 is 1.06 bits per heavy atom. The fourth-order valence-corrected chi connectivity index (χ4v) is 8.39. The summed E-state index contributed by atoms with van der Waals surface area (Å²) in [7, 11) is -2.41. The van der Waals surface area contributed by atoms with E-state index >= 15 is 0 Å². The lowest BCUT2D eigenvalue weighted by Crippen LogP contribution is -2.62. The van der Waals surface area contributed by atoms with Gasteiger partial charge in [0.2, 0.25) is 7.38 Å². The second kappa shape index (κ2) is 9.49. The number of hydrogen-bond acceptors (Lipinski definition) is 0. The molecule has 0 fully saturated rings. The number of H-pyrrole nitrogens is 1. The minimum Gasteiger partial charge on any atom is -0.355 e. The van der Waals surface area contributed by atoms with Crippen molar-refractivity contribution in [2.75, 3.05) is 0 Å². The molecule has 0 bridgehead atoms. The summed E-state index contributed by atoms with van der Waals surface area (Å²) in [5.41, 5.74) is 2.42. The quantitative estimate of drug-likeness (QED) is 0.183. The van der Waals surface area contributed by atoms with E-state index in [0.29, 0.717) is 0 Å². The third kappa shape index (κ3) is 4.23. The van der Waals surface area contributed by atoms with E-state index in [4.69, 9.17) is 11.1 Å². The zero-order chi connectivity index (χ0) is 22.5. The van der Waals surface area contributed by atoms with Gasteiger partial charge in [0.15, 0.2) is 0 Å². The Labute approximate surface area is 200 Å². The van der Waals surface area contributed by atoms with Gasteiger partial charge in [-0.1, -0.05) is 127 Å². The van der Waals surface area contributed by atoms with Crippen molar-refractivity contribution in [2.45, 2.75) is 0 Å². The average Bonchev–Trinajstić information content (AvgIpc) is 3.29. The van der Waals surface area contributed by atoms with Crippen molar-refractivity contribution in [1.82, 2.24) is 4.98 Å². The molecular weight excluding hydrogens is 438 g/mol. The van der Waals surface area contributed by atoms with Crippen molar-refractivity contribution in [3.05, 3.63) is 140 Å². The molecule has 1 aromatic heterocycles. The van der Waals surface area contributed by atoms with E-state index < -0.39 is 7.38 Å². The van der Waals surface area contributed by atoms with Crippen LogP contribution < -0.4 is 15.6 Å². The van der Waals surface area contributed by atoms with Crippen molar-refractivity contribution in [3.63, 3.8) is 0 Å². The van der Waals surface area contributed by atoms with Gasteiger partial charge in [-0.2, -0.15) is 0 Å². The van der Waals surface area contributed by atoms with Crippen molar-refractivity contribution < 1.29 is 0 Å². The monoisotopic (exact) mass is 461 g/mol. The molecule has 0 amide bonds. The van der Waals surface area contributed by atoms with Gasteiger partial charge in [0, 0.05) is 21.8 Å². The van der Waals surface area contributed by atoms with Crippen LogP contribution in [0, 0.1) is 0 Å². The Bertz CT molecular complexity index is 1310. The van der Waals surface area contributed by atoms with E-state index in [0.717, 1.165) is 0 Å². The van der Waals surface area contributed by atoms with Crippen LogP contribution in [0.2, 0.25) is 0 Å². The van der Waals surface area contributed by atoms with Gasteiger partial charge in [0.1, 0.15) is 0 Å². The fraction of sp³-hybridized carbons (Fsp3) is 0. The van der Waals surface area contributed by atoms with Crippen molar-refractivity contribution in [3.8, 4) is 0 Å². The van der Waals surface area contributed by atoms with Crippen LogP contribution in [0.3, 0.4) is 0 Å². The molecule has 0 saturated heterocycles. The van der Waals surface area contributed by atoms with Gasteiger partial charge in [-0.15, -0.1) is 11.1 Å². The van der Waals surface area contributed by atoms with Crippen molar-refractivity contribution in [2.24, 2.45) is 0 Å². The molecule has 1 nitrogen and oxygen atoms in total. The number of benzene rings is 5. The van der Waals surface area contributed by atoms with E-state index in [2.05, 4.69) is 126 Å². The molecule has 0 spiro atoms. The molecule has 33 heavy (non-hydrogen) atoms. The van der Waals surface area contributed by atoms with Crippen LogP contribution in [0.4, 0.5) is 0 Å². The lowest BCUT2D eigenvalue weighted by molar-refractivity contribution is 1.55. The molecule has 3 heteroatoms. The molecule has 0 atom stereocenters. The van der Waals surface area contributed by atoms with E-state index in [1.54, 1.807) is 0 Å². The van der Waals surface area contributed by atoms with Crippen LogP contribution in [0.5, 0.6) is 0 Å². The number of rotatable bonds is 3. The number of para-hydroxylation sites is 2. The van der Waals surface area contributed by atoms with Crippen LogP contribution in [-0.2, 0) is 0 Å². The maximum Gasteiger partial charge on any atom is 0.247 e. The number of aromatic nitrogens is 1. The first kappa shape index (κ1) is 21.3. The number of nitrogens with one attached hydrogen (secondary N) is 1. The Morgan fingerprint density at radius 2 is 0.697 bits per heavy atom. The zero-order valence-corrected chi connectivity index (χ0v) is 19.9. The van der Waals surface area contributed by atoms with Crippen LogP contribution in [0.15, 0.2) is 140 Å². The Morgan fingerprint density at radius 1 is 0.394 bits per heavy atom. The van der Waals surface area contributed by atoms with Crippen molar-refractivity contribution in [1.29, 1.82) is 0 Å². The number of hydrogen-bond donors (Lipinski definition) is 1. The Hall–Kier alpha value is -3.59. The second-order valence-corrected chi connectivity index (χ2v) is 12.7. The van der Waals surface area contributed by atoms with Gasteiger partial charge < -0.3 is 4.98 Å². The molecule has 1 heterocycles. The maximum atomic E-state index is 7.25. The van der Waals surface area contributed by atoms with Gasteiger partial charge >= 0.3 is 0 Å².